The normalized spacial score (nSPS) is 14.8. The summed E-state index contributed by atoms with van der Waals surface area (Å²) in [5, 5.41) is 12.0. The van der Waals surface area contributed by atoms with Gasteiger partial charge >= 0.3 is 5.97 Å². The Labute approximate surface area is 112 Å². The molecule has 2 rings (SSSR count). The van der Waals surface area contributed by atoms with Crippen molar-refractivity contribution in [2.45, 2.75) is 39.5 Å². The lowest BCUT2D eigenvalue weighted by atomic mass is 9.83. The van der Waals surface area contributed by atoms with Crippen LogP contribution in [0.3, 0.4) is 0 Å². The molecule has 0 unspecified atom stereocenters. The number of nitrogens with one attached hydrogen (secondary N) is 1. The van der Waals surface area contributed by atoms with Crippen molar-refractivity contribution in [3.05, 3.63) is 28.8 Å². The van der Waals surface area contributed by atoms with Crippen molar-refractivity contribution >= 4 is 17.6 Å². The van der Waals surface area contributed by atoms with Gasteiger partial charge in [0.25, 0.3) is 0 Å². The standard InChI is InChI=1S/C15H19NO3/c1-9-6-10(2)14(12(7-9)15(18)19)16-13(17)8-11-4-3-5-11/h6-7,11H,3-5,8H2,1-2H3,(H,16,17)(H,18,19). The first-order chi connectivity index (χ1) is 8.97. The highest BCUT2D eigenvalue weighted by Gasteiger charge is 2.22. The maximum absolute atomic E-state index is 11.9. The fourth-order valence-corrected chi connectivity index (χ4v) is 2.45. The van der Waals surface area contributed by atoms with Crippen molar-refractivity contribution in [1.29, 1.82) is 0 Å². The molecule has 1 fully saturated rings. The van der Waals surface area contributed by atoms with E-state index < -0.39 is 5.97 Å². The Morgan fingerprint density at radius 1 is 1.32 bits per heavy atom. The number of hydrogen-bond donors (Lipinski definition) is 2. The highest BCUT2D eigenvalue weighted by molar-refractivity contribution is 6.01. The molecule has 1 aliphatic rings. The van der Waals surface area contributed by atoms with E-state index in [4.69, 9.17) is 0 Å². The van der Waals surface area contributed by atoms with E-state index in [1.807, 2.05) is 19.9 Å². The highest BCUT2D eigenvalue weighted by Crippen LogP contribution is 2.30. The monoisotopic (exact) mass is 261 g/mol. The third-order valence-corrected chi connectivity index (χ3v) is 3.67. The quantitative estimate of drug-likeness (QED) is 0.875. The molecule has 0 atom stereocenters. The van der Waals surface area contributed by atoms with Gasteiger partial charge in [0.1, 0.15) is 0 Å². The lowest BCUT2D eigenvalue weighted by molar-refractivity contribution is -0.117. The molecule has 1 saturated carbocycles. The van der Waals surface area contributed by atoms with E-state index in [1.54, 1.807) is 6.07 Å². The van der Waals surface area contributed by atoms with E-state index in [2.05, 4.69) is 5.32 Å². The van der Waals surface area contributed by atoms with Crippen molar-refractivity contribution in [2.24, 2.45) is 5.92 Å². The van der Waals surface area contributed by atoms with E-state index in [0.717, 1.165) is 24.0 Å². The molecule has 1 aromatic carbocycles. The number of rotatable bonds is 4. The number of amides is 1. The molecule has 0 spiro atoms. The molecule has 1 aromatic rings. The molecule has 0 heterocycles. The number of hydrogen-bond acceptors (Lipinski definition) is 2. The second-order valence-electron chi connectivity index (χ2n) is 5.36. The van der Waals surface area contributed by atoms with E-state index in [1.165, 1.54) is 6.42 Å². The van der Waals surface area contributed by atoms with Crippen molar-refractivity contribution in [2.75, 3.05) is 5.32 Å². The van der Waals surface area contributed by atoms with Gasteiger partial charge in [-0.25, -0.2) is 4.79 Å². The zero-order chi connectivity index (χ0) is 14.0. The van der Waals surface area contributed by atoms with E-state index in [0.29, 0.717) is 18.0 Å². The fraction of sp³-hybridized carbons (Fsp3) is 0.467. The summed E-state index contributed by atoms with van der Waals surface area (Å²) < 4.78 is 0. The molecular formula is C15H19NO3. The molecular weight excluding hydrogens is 242 g/mol. The van der Waals surface area contributed by atoms with Crippen LogP contribution in [-0.2, 0) is 4.79 Å². The van der Waals surface area contributed by atoms with Gasteiger partial charge in [-0.1, -0.05) is 12.5 Å². The van der Waals surface area contributed by atoms with Crippen LogP contribution in [0.4, 0.5) is 5.69 Å². The highest BCUT2D eigenvalue weighted by atomic mass is 16.4. The Bertz CT molecular complexity index is 518. The molecule has 0 radical (unpaired) electrons. The van der Waals surface area contributed by atoms with Crippen molar-refractivity contribution in [1.82, 2.24) is 0 Å². The number of carbonyl (C=O) groups excluding carboxylic acids is 1. The van der Waals surface area contributed by atoms with Gasteiger partial charge < -0.3 is 10.4 Å². The maximum atomic E-state index is 11.9. The summed E-state index contributed by atoms with van der Waals surface area (Å²) in [5.41, 5.74) is 2.27. The van der Waals surface area contributed by atoms with Crippen molar-refractivity contribution in [3.63, 3.8) is 0 Å². The first kappa shape index (κ1) is 13.6. The Morgan fingerprint density at radius 2 is 2.00 bits per heavy atom. The van der Waals surface area contributed by atoms with Crippen LogP contribution in [-0.4, -0.2) is 17.0 Å². The molecule has 19 heavy (non-hydrogen) atoms. The lowest BCUT2D eigenvalue weighted by Crippen LogP contribution is -2.22. The molecule has 102 valence electrons. The smallest absolute Gasteiger partial charge is 0.337 e. The van der Waals surface area contributed by atoms with Crippen LogP contribution in [0.5, 0.6) is 0 Å². The zero-order valence-electron chi connectivity index (χ0n) is 11.3. The average Bonchev–Trinajstić information content (AvgIpc) is 2.26. The number of aromatic carboxylic acids is 1. The van der Waals surface area contributed by atoms with Gasteiger partial charge in [0.2, 0.25) is 5.91 Å². The van der Waals surface area contributed by atoms with Gasteiger partial charge in [0, 0.05) is 6.42 Å². The summed E-state index contributed by atoms with van der Waals surface area (Å²) in [7, 11) is 0. The lowest BCUT2D eigenvalue weighted by Gasteiger charge is -2.24. The number of anilines is 1. The van der Waals surface area contributed by atoms with Crippen LogP contribution in [0.1, 0.15) is 47.2 Å². The summed E-state index contributed by atoms with van der Waals surface area (Å²) in [6.45, 7) is 3.66. The maximum Gasteiger partial charge on any atom is 0.337 e. The van der Waals surface area contributed by atoms with Crippen LogP contribution in [0.2, 0.25) is 0 Å². The Balaban J connectivity index is 2.18. The number of carboxylic acid groups (broad SMARTS) is 1. The molecule has 2 N–H and O–H groups in total. The molecule has 4 heteroatoms. The van der Waals surface area contributed by atoms with Gasteiger partial charge in [-0.3, -0.25) is 4.79 Å². The van der Waals surface area contributed by atoms with Crippen LogP contribution in [0.25, 0.3) is 0 Å². The van der Waals surface area contributed by atoms with Crippen LogP contribution >= 0.6 is 0 Å². The predicted octanol–water partition coefficient (Wildman–Crippen LogP) is 3.13. The Morgan fingerprint density at radius 3 is 2.53 bits per heavy atom. The third kappa shape index (κ3) is 3.13. The average molecular weight is 261 g/mol. The largest absolute Gasteiger partial charge is 0.478 e. The Hall–Kier alpha value is -1.84. The van der Waals surface area contributed by atoms with Gasteiger partial charge in [-0.2, -0.15) is 0 Å². The molecule has 0 bridgehead atoms. The SMILES string of the molecule is Cc1cc(C)c(NC(=O)CC2CCC2)c(C(=O)O)c1. The minimum atomic E-state index is -1.01. The first-order valence-electron chi connectivity index (χ1n) is 6.61. The van der Waals surface area contributed by atoms with Crippen LogP contribution in [0.15, 0.2) is 12.1 Å². The van der Waals surface area contributed by atoms with E-state index in [9.17, 15) is 14.7 Å². The summed E-state index contributed by atoms with van der Waals surface area (Å²) in [6, 6.07) is 3.47. The third-order valence-electron chi connectivity index (χ3n) is 3.67. The second kappa shape index (κ2) is 5.43. The van der Waals surface area contributed by atoms with E-state index in [-0.39, 0.29) is 11.5 Å². The van der Waals surface area contributed by atoms with E-state index >= 15 is 0 Å². The van der Waals surface area contributed by atoms with Gasteiger partial charge in [-0.15, -0.1) is 0 Å². The first-order valence-corrected chi connectivity index (χ1v) is 6.61. The van der Waals surface area contributed by atoms with Gasteiger partial charge in [0.15, 0.2) is 0 Å². The number of aryl methyl sites for hydroxylation is 2. The second-order valence-corrected chi connectivity index (χ2v) is 5.36. The van der Waals surface area contributed by atoms with Crippen molar-refractivity contribution in [3.8, 4) is 0 Å². The topological polar surface area (TPSA) is 66.4 Å². The fourth-order valence-electron chi connectivity index (χ4n) is 2.45. The summed E-state index contributed by atoms with van der Waals surface area (Å²) in [4.78, 5) is 23.2. The summed E-state index contributed by atoms with van der Waals surface area (Å²) >= 11 is 0. The summed E-state index contributed by atoms with van der Waals surface area (Å²) in [5.74, 6) is -0.621. The minimum absolute atomic E-state index is 0.0841. The van der Waals surface area contributed by atoms with Crippen LogP contribution < -0.4 is 5.32 Å². The number of carbonyl (C=O) groups is 2. The number of carboxylic acids is 1. The predicted molar refractivity (Wildman–Crippen MR) is 73.5 cm³/mol. The molecule has 0 saturated heterocycles. The van der Waals surface area contributed by atoms with Gasteiger partial charge in [0.05, 0.1) is 11.3 Å². The molecule has 0 aliphatic heterocycles. The van der Waals surface area contributed by atoms with Crippen LogP contribution in [0, 0.1) is 19.8 Å². The molecule has 1 amide bonds. The molecule has 4 nitrogen and oxygen atoms in total. The number of benzene rings is 1. The molecule has 0 aromatic heterocycles. The minimum Gasteiger partial charge on any atom is -0.478 e. The van der Waals surface area contributed by atoms with Crippen molar-refractivity contribution < 1.29 is 14.7 Å². The summed E-state index contributed by atoms with van der Waals surface area (Å²) in [6.07, 6.45) is 3.90. The Kier molecular flexibility index (Phi) is 3.88. The van der Waals surface area contributed by atoms with Gasteiger partial charge in [-0.05, 0) is 49.8 Å². The molecule has 1 aliphatic carbocycles. The zero-order valence-corrected chi connectivity index (χ0v) is 11.3.